The molecule has 19 heavy (non-hydrogen) atoms. The summed E-state index contributed by atoms with van der Waals surface area (Å²) in [4.78, 5) is 22.7. The molecule has 2 rings (SSSR count). The van der Waals surface area contributed by atoms with Crippen LogP contribution < -0.4 is 10.6 Å². The van der Waals surface area contributed by atoms with Crippen LogP contribution in [0.3, 0.4) is 0 Å². The van der Waals surface area contributed by atoms with Gasteiger partial charge in [0, 0.05) is 6.61 Å². The van der Waals surface area contributed by atoms with E-state index in [1.165, 1.54) is 12.1 Å². The number of carbonyl (C=O) groups excluding carboxylic acids is 1. The third kappa shape index (κ3) is 3.35. The van der Waals surface area contributed by atoms with Crippen molar-refractivity contribution < 1.29 is 24.5 Å². The van der Waals surface area contributed by atoms with Gasteiger partial charge in [-0.05, 0) is 24.6 Å². The molecule has 0 saturated carbocycles. The van der Waals surface area contributed by atoms with Gasteiger partial charge in [0.05, 0.1) is 23.9 Å². The maximum atomic E-state index is 11.7. The van der Waals surface area contributed by atoms with Crippen molar-refractivity contribution in [1.82, 2.24) is 5.32 Å². The van der Waals surface area contributed by atoms with E-state index in [4.69, 9.17) is 9.84 Å². The van der Waals surface area contributed by atoms with Crippen LogP contribution in [0.25, 0.3) is 0 Å². The van der Waals surface area contributed by atoms with E-state index in [0.717, 1.165) is 12.5 Å². The number of hydrogen-bond donors (Lipinski definition) is 4. The third-order valence-electron chi connectivity index (χ3n) is 2.75. The van der Waals surface area contributed by atoms with Crippen LogP contribution in [0.15, 0.2) is 18.2 Å². The minimum atomic E-state index is -1.23. The van der Waals surface area contributed by atoms with E-state index in [9.17, 15) is 14.7 Å². The number of rotatable bonds is 3. The summed E-state index contributed by atoms with van der Waals surface area (Å²) in [7, 11) is 0. The smallest absolute Gasteiger partial charge is 0.337 e. The summed E-state index contributed by atoms with van der Waals surface area (Å²) in [5.74, 6) is -1.40. The lowest BCUT2D eigenvalue weighted by Crippen LogP contribution is -2.38. The number of aromatic carboxylic acids is 1. The van der Waals surface area contributed by atoms with Crippen LogP contribution in [0.2, 0.25) is 0 Å². The lowest BCUT2D eigenvalue weighted by molar-refractivity contribution is 0.0697. The minimum Gasteiger partial charge on any atom is -0.508 e. The van der Waals surface area contributed by atoms with Crippen molar-refractivity contribution in [2.75, 3.05) is 18.5 Å². The van der Waals surface area contributed by atoms with Crippen LogP contribution >= 0.6 is 0 Å². The molecule has 4 N–H and O–H groups in total. The van der Waals surface area contributed by atoms with Gasteiger partial charge in [-0.1, -0.05) is 0 Å². The molecule has 102 valence electrons. The predicted octanol–water partition coefficient (Wildman–Crippen LogP) is 1.00. The van der Waals surface area contributed by atoms with Gasteiger partial charge in [0.15, 0.2) is 0 Å². The molecular weight excluding hydrogens is 252 g/mol. The summed E-state index contributed by atoms with van der Waals surface area (Å²) in [6.45, 7) is 1.05. The number of amides is 2. The van der Waals surface area contributed by atoms with E-state index in [0.29, 0.717) is 13.2 Å². The molecule has 1 heterocycles. The Morgan fingerprint density at radius 1 is 1.37 bits per heavy atom. The van der Waals surface area contributed by atoms with Crippen LogP contribution in [-0.4, -0.2) is 41.5 Å². The Kier molecular flexibility index (Phi) is 3.86. The highest BCUT2D eigenvalue weighted by atomic mass is 16.5. The van der Waals surface area contributed by atoms with Gasteiger partial charge in [-0.2, -0.15) is 0 Å². The van der Waals surface area contributed by atoms with Crippen LogP contribution in [-0.2, 0) is 4.74 Å². The molecule has 0 aromatic heterocycles. The number of carbonyl (C=O) groups is 2. The van der Waals surface area contributed by atoms with Crippen molar-refractivity contribution in [3.05, 3.63) is 23.8 Å². The Morgan fingerprint density at radius 3 is 2.79 bits per heavy atom. The summed E-state index contributed by atoms with van der Waals surface area (Å²) in [6.07, 6.45) is 0.731. The quantitative estimate of drug-likeness (QED) is 0.610. The molecule has 0 spiro atoms. The molecule has 1 aliphatic heterocycles. The van der Waals surface area contributed by atoms with E-state index < -0.39 is 12.0 Å². The lowest BCUT2D eigenvalue weighted by atomic mass is 10.1. The molecule has 1 aromatic rings. The summed E-state index contributed by atoms with van der Waals surface area (Å²) in [6, 6.07) is 3.16. The summed E-state index contributed by atoms with van der Waals surface area (Å²) >= 11 is 0. The van der Waals surface area contributed by atoms with Gasteiger partial charge < -0.3 is 25.6 Å². The van der Waals surface area contributed by atoms with Crippen molar-refractivity contribution in [3.8, 4) is 5.75 Å². The number of phenols is 1. The molecule has 1 aliphatic rings. The van der Waals surface area contributed by atoms with Gasteiger partial charge in [0.25, 0.3) is 0 Å². The molecule has 2 amide bonds. The molecule has 1 aromatic carbocycles. The van der Waals surface area contributed by atoms with Crippen molar-refractivity contribution >= 4 is 17.7 Å². The Labute approximate surface area is 109 Å². The zero-order valence-electron chi connectivity index (χ0n) is 10.0. The average molecular weight is 266 g/mol. The third-order valence-corrected chi connectivity index (χ3v) is 2.75. The molecule has 0 radical (unpaired) electrons. The Hall–Kier alpha value is -2.28. The molecule has 1 atom stereocenters. The maximum absolute atomic E-state index is 11.7. The summed E-state index contributed by atoms with van der Waals surface area (Å²) in [5.41, 5.74) is -0.0421. The molecule has 1 fully saturated rings. The number of ether oxygens (including phenoxy) is 1. The number of anilines is 1. The Bertz CT molecular complexity index is 497. The first-order valence-electron chi connectivity index (χ1n) is 5.78. The van der Waals surface area contributed by atoms with Crippen LogP contribution in [0.4, 0.5) is 10.5 Å². The number of aromatic hydroxyl groups is 1. The SMILES string of the molecule is O=C(Nc1ccc(O)cc1C(=O)O)NC1CCOC1. The van der Waals surface area contributed by atoms with E-state index in [2.05, 4.69) is 10.6 Å². The van der Waals surface area contributed by atoms with Crippen LogP contribution in [0.1, 0.15) is 16.8 Å². The summed E-state index contributed by atoms with van der Waals surface area (Å²) in [5, 5.41) is 23.4. The number of carboxylic acid groups (broad SMARTS) is 1. The second kappa shape index (κ2) is 5.57. The normalized spacial score (nSPS) is 18.0. The number of phenolic OH excluding ortho intramolecular Hbond substituents is 1. The number of benzene rings is 1. The second-order valence-corrected chi connectivity index (χ2v) is 4.19. The van der Waals surface area contributed by atoms with E-state index in [1.807, 2.05) is 0 Å². The average Bonchev–Trinajstić information content (AvgIpc) is 2.83. The van der Waals surface area contributed by atoms with Crippen molar-refractivity contribution in [1.29, 1.82) is 0 Å². The van der Waals surface area contributed by atoms with Crippen LogP contribution in [0.5, 0.6) is 5.75 Å². The number of urea groups is 1. The topological polar surface area (TPSA) is 108 Å². The number of nitrogens with one attached hydrogen (secondary N) is 2. The molecule has 1 unspecified atom stereocenters. The molecular formula is C12H14N2O5. The summed E-state index contributed by atoms with van der Waals surface area (Å²) < 4.78 is 5.12. The van der Waals surface area contributed by atoms with Gasteiger partial charge in [-0.3, -0.25) is 0 Å². The maximum Gasteiger partial charge on any atom is 0.337 e. The van der Waals surface area contributed by atoms with Gasteiger partial charge in [-0.15, -0.1) is 0 Å². The Balaban J connectivity index is 2.05. The highest BCUT2D eigenvalue weighted by Gasteiger charge is 2.19. The molecule has 0 bridgehead atoms. The van der Waals surface area contributed by atoms with Gasteiger partial charge >= 0.3 is 12.0 Å². The first-order chi connectivity index (χ1) is 9.06. The zero-order chi connectivity index (χ0) is 13.8. The number of hydrogen-bond acceptors (Lipinski definition) is 4. The predicted molar refractivity (Wildman–Crippen MR) is 66.4 cm³/mol. The fourth-order valence-electron chi connectivity index (χ4n) is 1.81. The van der Waals surface area contributed by atoms with Crippen LogP contribution in [0, 0.1) is 0 Å². The second-order valence-electron chi connectivity index (χ2n) is 4.19. The van der Waals surface area contributed by atoms with E-state index in [-0.39, 0.29) is 23.0 Å². The monoisotopic (exact) mass is 266 g/mol. The largest absolute Gasteiger partial charge is 0.508 e. The van der Waals surface area contributed by atoms with Gasteiger partial charge in [-0.25, -0.2) is 9.59 Å². The molecule has 7 heteroatoms. The molecule has 1 saturated heterocycles. The molecule has 0 aliphatic carbocycles. The first kappa shape index (κ1) is 13.2. The Morgan fingerprint density at radius 2 is 2.16 bits per heavy atom. The van der Waals surface area contributed by atoms with Crippen molar-refractivity contribution in [3.63, 3.8) is 0 Å². The van der Waals surface area contributed by atoms with Crippen molar-refractivity contribution in [2.24, 2.45) is 0 Å². The standard InChI is InChI=1S/C12H14N2O5/c15-8-1-2-10(9(5-8)11(16)17)14-12(18)13-7-3-4-19-6-7/h1-2,5,7,15H,3-4,6H2,(H,16,17)(H2,13,14,18). The van der Waals surface area contributed by atoms with Crippen molar-refractivity contribution in [2.45, 2.75) is 12.5 Å². The number of carboxylic acids is 1. The highest BCUT2D eigenvalue weighted by molar-refractivity contribution is 6.00. The fraction of sp³-hybridized carbons (Fsp3) is 0.333. The van der Waals surface area contributed by atoms with Gasteiger partial charge in [0.2, 0.25) is 0 Å². The first-order valence-corrected chi connectivity index (χ1v) is 5.78. The molecule has 7 nitrogen and oxygen atoms in total. The fourth-order valence-corrected chi connectivity index (χ4v) is 1.81. The lowest BCUT2D eigenvalue weighted by Gasteiger charge is -2.13. The minimum absolute atomic E-state index is 0.0645. The van der Waals surface area contributed by atoms with Gasteiger partial charge in [0.1, 0.15) is 5.75 Å². The zero-order valence-corrected chi connectivity index (χ0v) is 10.0. The van der Waals surface area contributed by atoms with E-state index >= 15 is 0 Å². The van der Waals surface area contributed by atoms with E-state index in [1.54, 1.807) is 0 Å². The highest BCUT2D eigenvalue weighted by Crippen LogP contribution is 2.21.